The Morgan fingerprint density at radius 1 is 1.42 bits per heavy atom. The Morgan fingerprint density at radius 2 is 2.16 bits per heavy atom. The van der Waals surface area contributed by atoms with E-state index in [1.54, 1.807) is 19.1 Å². The van der Waals surface area contributed by atoms with Crippen LogP contribution in [0.1, 0.15) is 28.8 Å². The van der Waals surface area contributed by atoms with Gasteiger partial charge in [0.1, 0.15) is 0 Å². The molecule has 1 aromatic rings. The molecular weight excluding hydrogens is 266 g/mol. The molecule has 5 nitrogen and oxygen atoms in total. The second kappa shape index (κ2) is 5.21. The number of sulfone groups is 1. The molecule has 1 atom stereocenters. The number of aromatic carboxylic acids is 1. The van der Waals surface area contributed by atoms with Gasteiger partial charge in [-0.05, 0) is 43.5 Å². The van der Waals surface area contributed by atoms with Crippen molar-refractivity contribution in [3.63, 3.8) is 0 Å². The fourth-order valence-corrected chi connectivity index (χ4v) is 4.00. The van der Waals surface area contributed by atoms with E-state index in [-0.39, 0.29) is 23.1 Å². The molecule has 1 aliphatic heterocycles. The number of carboxylic acid groups (broad SMARTS) is 1. The summed E-state index contributed by atoms with van der Waals surface area (Å²) < 4.78 is 23.1. The lowest BCUT2D eigenvalue weighted by molar-refractivity contribution is 0.0696. The largest absolute Gasteiger partial charge is 0.478 e. The Balaban J connectivity index is 2.11. The predicted octanol–water partition coefficient (Wildman–Crippen LogP) is 1.68. The molecule has 0 aromatic heterocycles. The normalized spacial score (nSPS) is 21.8. The van der Waals surface area contributed by atoms with Crippen LogP contribution in [-0.4, -0.2) is 37.0 Å². The van der Waals surface area contributed by atoms with E-state index in [2.05, 4.69) is 5.32 Å². The molecule has 2 rings (SSSR count). The van der Waals surface area contributed by atoms with Crippen molar-refractivity contribution in [1.29, 1.82) is 0 Å². The number of anilines is 1. The summed E-state index contributed by atoms with van der Waals surface area (Å²) >= 11 is 0. The average molecular weight is 283 g/mol. The number of hydrogen-bond acceptors (Lipinski definition) is 4. The molecule has 0 amide bonds. The topological polar surface area (TPSA) is 83.5 Å². The molecule has 1 unspecified atom stereocenters. The molecule has 1 saturated heterocycles. The number of nitrogens with one attached hydrogen (secondary N) is 1. The standard InChI is InChI=1S/C13H17NO4S/c1-9-7-10(4-5-12(9)13(15)16)14-11-3-2-6-19(17,18)8-11/h4-5,7,11,14H,2-3,6,8H2,1H3,(H,15,16). The summed E-state index contributed by atoms with van der Waals surface area (Å²) in [7, 11) is -2.94. The predicted molar refractivity (Wildman–Crippen MR) is 73.4 cm³/mol. The maximum absolute atomic E-state index is 11.5. The highest BCUT2D eigenvalue weighted by molar-refractivity contribution is 7.91. The number of carbonyl (C=O) groups is 1. The maximum atomic E-state index is 11.5. The van der Waals surface area contributed by atoms with Crippen LogP contribution in [0, 0.1) is 6.92 Å². The highest BCUT2D eigenvalue weighted by Crippen LogP contribution is 2.20. The van der Waals surface area contributed by atoms with Crippen molar-refractivity contribution >= 4 is 21.5 Å². The Labute approximate surface area is 112 Å². The first kappa shape index (κ1) is 13.9. The van der Waals surface area contributed by atoms with Crippen molar-refractivity contribution in [3.8, 4) is 0 Å². The molecule has 6 heteroatoms. The monoisotopic (exact) mass is 283 g/mol. The lowest BCUT2D eigenvalue weighted by Crippen LogP contribution is -2.34. The van der Waals surface area contributed by atoms with E-state index >= 15 is 0 Å². The fraction of sp³-hybridized carbons (Fsp3) is 0.462. The minimum atomic E-state index is -2.94. The zero-order chi connectivity index (χ0) is 14.0. The number of hydrogen-bond donors (Lipinski definition) is 2. The number of carboxylic acids is 1. The summed E-state index contributed by atoms with van der Waals surface area (Å²) in [4.78, 5) is 10.9. The first-order chi connectivity index (χ1) is 8.87. The summed E-state index contributed by atoms with van der Waals surface area (Å²) in [5, 5.41) is 12.1. The van der Waals surface area contributed by atoms with Crippen LogP contribution < -0.4 is 5.32 Å². The molecule has 0 saturated carbocycles. The maximum Gasteiger partial charge on any atom is 0.335 e. The SMILES string of the molecule is Cc1cc(NC2CCCS(=O)(=O)C2)ccc1C(=O)O. The summed E-state index contributed by atoms with van der Waals surface area (Å²) in [5.41, 5.74) is 1.70. The van der Waals surface area contributed by atoms with Crippen LogP contribution in [0.5, 0.6) is 0 Å². The highest BCUT2D eigenvalue weighted by atomic mass is 32.2. The molecule has 1 fully saturated rings. The van der Waals surface area contributed by atoms with Gasteiger partial charge in [0.05, 0.1) is 17.1 Å². The molecular formula is C13H17NO4S. The molecule has 2 N–H and O–H groups in total. The van der Waals surface area contributed by atoms with Gasteiger partial charge in [0.25, 0.3) is 0 Å². The number of aryl methyl sites for hydroxylation is 1. The molecule has 1 aromatic carbocycles. The van der Waals surface area contributed by atoms with Gasteiger partial charge >= 0.3 is 5.97 Å². The van der Waals surface area contributed by atoms with Gasteiger partial charge in [-0.25, -0.2) is 13.2 Å². The van der Waals surface area contributed by atoms with E-state index in [9.17, 15) is 13.2 Å². The second-order valence-corrected chi connectivity index (χ2v) is 7.16. The van der Waals surface area contributed by atoms with Crippen LogP contribution in [0.15, 0.2) is 18.2 Å². The van der Waals surface area contributed by atoms with E-state index in [0.29, 0.717) is 12.0 Å². The van der Waals surface area contributed by atoms with Gasteiger partial charge in [0.15, 0.2) is 9.84 Å². The number of benzene rings is 1. The highest BCUT2D eigenvalue weighted by Gasteiger charge is 2.24. The minimum Gasteiger partial charge on any atom is -0.478 e. The molecule has 0 spiro atoms. The van der Waals surface area contributed by atoms with Crippen molar-refractivity contribution < 1.29 is 18.3 Å². The zero-order valence-electron chi connectivity index (χ0n) is 10.7. The van der Waals surface area contributed by atoms with Gasteiger partial charge < -0.3 is 10.4 Å². The van der Waals surface area contributed by atoms with E-state index in [0.717, 1.165) is 12.1 Å². The fourth-order valence-electron chi connectivity index (χ4n) is 2.37. The van der Waals surface area contributed by atoms with Crippen molar-refractivity contribution in [3.05, 3.63) is 29.3 Å². The average Bonchev–Trinajstić information content (AvgIpc) is 2.27. The van der Waals surface area contributed by atoms with Gasteiger partial charge in [0.2, 0.25) is 0 Å². The van der Waals surface area contributed by atoms with Crippen LogP contribution in [0.4, 0.5) is 5.69 Å². The van der Waals surface area contributed by atoms with E-state index in [4.69, 9.17) is 5.11 Å². The van der Waals surface area contributed by atoms with E-state index < -0.39 is 15.8 Å². The number of rotatable bonds is 3. The minimum absolute atomic E-state index is 0.0890. The van der Waals surface area contributed by atoms with Crippen molar-refractivity contribution in [2.24, 2.45) is 0 Å². The van der Waals surface area contributed by atoms with Crippen LogP contribution in [-0.2, 0) is 9.84 Å². The Kier molecular flexibility index (Phi) is 3.80. The first-order valence-electron chi connectivity index (χ1n) is 6.18. The van der Waals surface area contributed by atoms with E-state index in [1.807, 2.05) is 0 Å². The Morgan fingerprint density at radius 3 is 2.74 bits per heavy atom. The van der Waals surface area contributed by atoms with Gasteiger partial charge in [-0.2, -0.15) is 0 Å². The van der Waals surface area contributed by atoms with Gasteiger partial charge in [-0.1, -0.05) is 0 Å². The van der Waals surface area contributed by atoms with Gasteiger partial charge in [-0.3, -0.25) is 0 Å². The third-order valence-corrected chi connectivity index (χ3v) is 5.11. The molecule has 0 aliphatic carbocycles. The Hall–Kier alpha value is -1.56. The molecule has 1 aliphatic rings. The van der Waals surface area contributed by atoms with Crippen molar-refractivity contribution in [2.75, 3.05) is 16.8 Å². The second-order valence-electron chi connectivity index (χ2n) is 4.93. The summed E-state index contributed by atoms with van der Waals surface area (Å²) in [5.74, 6) is -0.543. The van der Waals surface area contributed by atoms with E-state index in [1.165, 1.54) is 6.07 Å². The zero-order valence-corrected chi connectivity index (χ0v) is 11.5. The lowest BCUT2D eigenvalue weighted by atomic mass is 10.1. The van der Waals surface area contributed by atoms with Crippen LogP contribution >= 0.6 is 0 Å². The molecule has 19 heavy (non-hydrogen) atoms. The smallest absolute Gasteiger partial charge is 0.335 e. The third kappa shape index (κ3) is 3.47. The summed E-state index contributed by atoms with van der Waals surface area (Å²) in [6.07, 6.45) is 1.49. The first-order valence-corrected chi connectivity index (χ1v) is 8.00. The Bertz CT molecular complexity index is 595. The molecule has 104 valence electrons. The lowest BCUT2D eigenvalue weighted by Gasteiger charge is -2.24. The third-order valence-electron chi connectivity index (χ3n) is 3.29. The summed E-state index contributed by atoms with van der Waals surface area (Å²) in [6.45, 7) is 1.73. The van der Waals surface area contributed by atoms with Crippen molar-refractivity contribution in [1.82, 2.24) is 0 Å². The molecule has 0 radical (unpaired) electrons. The summed E-state index contributed by atoms with van der Waals surface area (Å²) in [6, 6.07) is 4.87. The van der Waals surface area contributed by atoms with Crippen LogP contribution in [0.2, 0.25) is 0 Å². The van der Waals surface area contributed by atoms with Crippen molar-refractivity contribution in [2.45, 2.75) is 25.8 Å². The van der Waals surface area contributed by atoms with Gasteiger partial charge in [0, 0.05) is 11.7 Å². The van der Waals surface area contributed by atoms with Crippen LogP contribution in [0.25, 0.3) is 0 Å². The molecule has 1 heterocycles. The quantitative estimate of drug-likeness (QED) is 0.882. The van der Waals surface area contributed by atoms with Gasteiger partial charge in [-0.15, -0.1) is 0 Å². The van der Waals surface area contributed by atoms with Crippen LogP contribution in [0.3, 0.4) is 0 Å². The molecule has 0 bridgehead atoms.